The average molecular weight is 353 g/mol. The molecule has 1 aliphatic heterocycles. The number of ketones is 1. The van der Waals surface area contributed by atoms with Crippen molar-refractivity contribution in [3.05, 3.63) is 53.6 Å². The second kappa shape index (κ2) is 8.23. The van der Waals surface area contributed by atoms with E-state index in [0.717, 1.165) is 32.4 Å². The van der Waals surface area contributed by atoms with E-state index < -0.39 is 0 Å². The number of nitrogens with one attached hydrogen (secondary N) is 1. The van der Waals surface area contributed by atoms with Gasteiger partial charge in [-0.15, -0.1) is 0 Å². The first-order valence-corrected chi connectivity index (χ1v) is 9.26. The topological polar surface area (TPSA) is 90.4 Å². The molecule has 5 nitrogen and oxygen atoms in total. The van der Waals surface area contributed by atoms with Gasteiger partial charge in [0.05, 0.1) is 16.9 Å². The molecule has 0 aliphatic carbocycles. The van der Waals surface area contributed by atoms with Gasteiger partial charge in [-0.3, -0.25) is 4.79 Å². The van der Waals surface area contributed by atoms with Crippen molar-refractivity contribution in [1.82, 2.24) is 5.32 Å². The number of piperidine rings is 1. The van der Waals surface area contributed by atoms with Crippen molar-refractivity contribution in [2.75, 3.05) is 24.6 Å². The van der Waals surface area contributed by atoms with Crippen LogP contribution < -0.4 is 21.5 Å². The zero-order valence-electron chi connectivity index (χ0n) is 15.2. The zero-order chi connectivity index (χ0) is 18.5. The second-order valence-electron chi connectivity index (χ2n) is 6.84. The predicted octanol–water partition coefficient (Wildman–Crippen LogP) is 3.24. The van der Waals surface area contributed by atoms with Crippen LogP contribution in [0.3, 0.4) is 0 Å². The molecule has 5 N–H and O–H groups in total. The molecule has 2 unspecified atom stereocenters. The number of ether oxygens (including phenoxy) is 1. The first kappa shape index (κ1) is 18.3. The molecule has 0 spiro atoms. The highest BCUT2D eigenvalue weighted by atomic mass is 16.5. The summed E-state index contributed by atoms with van der Waals surface area (Å²) in [5, 5.41) is 3.44. The molecule has 26 heavy (non-hydrogen) atoms. The fourth-order valence-electron chi connectivity index (χ4n) is 3.50. The summed E-state index contributed by atoms with van der Waals surface area (Å²) in [6, 6.07) is 12.4. The van der Waals surface area contributed by atoms with Gasteiger partial charge in [-0.25, -0.2) is 0 Å². The van der Waals surface area contributed by atoms with Gasteiger partial charge in [0, 0.05) is 18.0 Å². The number of anilines is 2. The molecule has 0 bridgehead atoms. The molecule has 5 heteroatoms. The maximum absolute atomic E-state index is 13.0. The molecular formula is C21H27N3O2. The zero-order valence-corrected chi connectivity index (χ0v) is 15.2. The van der Waals surface area contributed by atoms with Crippen LogP contribution in [-0.4, -0.2) is 25.0 Å². The number of benzene rings is 2. The molecule has 1 saturated heterocycles. The third-order valence-corrected chi connectivity index (χ3v) is 5.02. The molecule has 0 radical (unpaired) electrons. The van der Waals surface area contributed by atoms with Gasteiger partial charge in [-0.2, -0.15) is 0 Å². The molecule has 1 fully saturated rings. The minimum Gasteiger partial charge on any atom is -0.489 e. The molecule has 0 saturated carbocycles. The lowest BCUT2D eigenvalue weighted by Crippen LogP contribution is -2.39. The van der Waals surface area contributed by atoms with Crippen molar-refractivity contribution < 1.29 is 9.53 Å². The van der Waals surface area contributed by atoms with E-state index in [1.54, 1.807) is 24.3 Å². The van der Waals surface area contributed by atoms with Crippen molar-refractivity contribution in [1.29, 1.82) is 0 Å². The number of nitrogen functional groups attached to an aromatic ring is 2. The normalized spacial score (nSPS) is 18.3. The molecule has 2 atom stereocenters. The number of carbonyl (C=O) groups excluding carboxylic acids is 1. The number of carbonyl (C=O) groups is 1. The van der Waals surface area contributed by atoms with E-state index in [0.29, 0.717) is 34.2 Å². The Balaban J connectivity index is 1.85. The van der Waals surface area contributed by atoms with Gasteiger partial charge in [0.25, 0.3) is 0 Å². The molecule has 3 rings (SSSR count). The molecule has 2 aromatic rings. The number of para-hydroxylation sites is 1. The van der Waals surface area contributed by atoms with E-state index in [4.69, 9.17) is 16.2 Å². The standard InChI is InChI=1S/C21H27N3O2/c1-2-19(15-6-5-11-24-13-15)26-20-8-4-3-7-16(20)21(25)14-9-10-17(22)18(23)12-14/h3-4,7-10,12,15,19,24H,2,5-6,11,13,22-23H2,1H3. The lowest BCUT2D eigenvalue weighted by atomic mass is 9.92. The minimum atomic E-state index is -0.107. The van der Waals surface area contributed by atoms with Crippen molar-refractivity contribution in [3.63, 3.8) is 0 Å². The Morgan fingerprint density at radius 3 is 2.73 bits per heavy atom. The summed E-state index contributed by atoms with van der Waals surface area (Å²) < 4.78 is 6.31. The Hall–Kier alpha value is -2.53. The van der Waals surface area contributed by atoms with Gasteiger partial charge in [0.2, 0.25) is 0 Å². The Kier molecular flexibility index (Phi) is 5.78. The van der Waals surface area contributed by atoms with Crippen molar-refractivity contribution in [3.8, 4) is 5.75 Å². The van der Waals surface area contributed by atoms with E-state index in [-0.39, 0.29) is 11.9 Å². The third kappa shape index (κ3) is 3.99. The molecular weight excluding hydrogens is 326 g/mol. The Bertz CT molecular complexity index is 770. The van der Waals surface area contributed by atoms with Crippen molar-refractivity contribution in [2.45, 2.75) is 32.3 Å². The van der Waals surface area contributed by atoms with Crippen molar-refractivity contribution >= 4 is 17.2 Å². The minimum absolute atomic E-state index is 0.0910. The summed E-state index contributed by atoms with van der Waals surface area (Å²) in [6.07, 6.45) is 3.31. The van der Waals surface area contributed by atoms with Gasteiger partial charge in [-0.05, 0) is 56.1 Å². The van der Waals surface area contributed by atoms with E-state index in [1.807, 2.05) is 18.2 Å². The van der Waals surface area contributed by atoms with Crippen LogP contribution in [0.25, 0.3) is 0 Å². The Morgan fingerprint density at radius 2 is 2.04 bits per heavy atom. The van der Waals surface area contributed by atoms with Crippen LogP contribution in [0.1, 0.15) is 42.1 Å². The summed E-state index contributed by atoms with van der Waals surface area (Å²) in [5.41, 5.74) is 13.6. The first-order chi connectivity index (χ1) is 12.6. The van der Waals surface area contributed by atoms with Crippen LogP contribution >= 0.6 is 0 Å². The number of hydrogen-bond acceptors (Lipinski definition) is 5. The van der Waals surface area contributed by atoms with Crippen molar-refractivity contribution in [2.24, 2.45) is 5.92 Å². The number of nitrogens with two attached hydrogens (primary N) is 2. The summed E-state index contributed by atoms with van der Waals surface area (Å²) in [4.78, 5) is 13.0. The molecule has 1 heterocycles. The van der Waals surface area contributed by atoms with E-state index >= 15 is 0 Å². The molecule has 1 aliphatic rings. The van der Waals surface area contributed by atoms with E-state index in [2.05, 4.69) is 12.2 Å². The second-order valence-corrected chi connectivity index (χ2v) is 6.84. The smallest absolute Gasteiger partial charge is 0.196 e. The fraction of sp³-hybridized carbons (Fsp3) is 0.381. The molecule has 0 aromatic heterocycles. The highest BCUT2D eigenvalue weighted by molar-refractivity contribution is 6.11. The summed E-state index contributed by atoms with van der Waals surface area (Å²) >= 11 is 0. The largest absolute Gasteiger partial charge is 0.489 e. The lowest BCUT2D eigenvalue weighted by Gasteiger charge is -2.31. The number of rotatable bonds is 6. The monoisotopic (exact) mass is 353 g/mol. The Labute approximate surface area is 154 Å². The van der Waals surface area contributed by atoms with E-state index in [1.165, 1.54) is 0 Å². The van der Waals surface area contributed by atoms with Gasteiger partial charge in [-0.1, -0.05) is 19.1 Å². The fourth-order valence-corrected chi connectivity index (χ4v) is 3.50. The van der Waals surface area contributed by atoms with Crippen LogP contribution in [-0.2, 0) is 0 Å². The quantitative estimate of drug-likeness (QED) is 0.548. The summed E-state index contributed by atoms with van der Waals surface area (Å²) in [5.74, 6) is 0.985. The maximum atomic E-state index is 13.0. The van der Waals surface area contributed by atoms with Gasteiger partial charge >= 0.3 is 0 Å². The van der Waals surface area contributed by atoms with Crippen LogP contribution in [0, 0.1) is 5.92 Å². The van der Waals surface area contributed by atoms with Crippen LogP contribution in [0.15, 0.2) is 42.5 Å². The third-order valence-electron chi connectivity index (χ3n) is 5.02. The summed E-state index contributed by atoms with van der Waals surface area (Å²) in [7, 11) is 0. The lowest BCUT2D eigenvalue weighted by molar-refractivity contribution is 0.0988. The SMILES string of the molecule is CCC(Oc1ccccc1C(=O)c1ccc(N)c(N)c1)C1CCCNC1. The van der Waals surface area contributed by atoms with Crippen LogP contribution in [0.5, 0.6) is 5.75 Å². The van der Waals surface area contributed by atoms with Gasteiger partial charge < -0.3 is 21.5 Å². The molecule has 0 amide bonds. The predicted molar refractivity (Wildman–Crippen MR) is 105 cm³/mol. The van der Waals surface area contributed by atoms with Crippen LogP contribution in [0.2, 0.25) is 0 Å². The highest BCUT2D eigenvalue weighted by Crippen LogP contribution is 2.28. The highest BCUT2D eigenvalue weighted by Gasteiger charge is 2.25. The van der Waals surface area contributed by atoms with E-state index in [9.17, 15) is 4.79 Å². The number of hydrogen-bond donors (Lipinski definition) is 3. The molecule has 2 aromatic carbocycles. The summed E-state index contributed by atoms with van der Waals surface area (Å²) in [6.45, 7) is 4.16. The molecule has 138 valence electrons. The van der Waals surface area contributed by atoms with Gasteiger partial charge in [0.15, 0.2) is 5.78 Å². The first-order valence-electron chi connectivity index (χ1n) is 9.26. The Morgan fingerprint density at radius 1 is 1.23 bits per heavy atom. The van der Waals surface area contributed by atoms with Gasteiger partial charge in [0.1, 0.15) is 11.9 Å². The average Bonchev–Trinajstić information content (AvgIpc) is 2.68. The maximum Gasteiger partial charge on any atom is 0.196 e. The van der Waals surface area contributed by atoms with Crippen LogP contribution in [0.4, 0.5) is 11.4 Å².